The van der Waals surface area contributed by atoms with E-state index in [-0.39, 0.29) is 56.2 Å². The van der Waals surface area contributed by atoms with E-state index in [1.165, 1.54) is 18.7 Å². The molecule has 0 aromatic rings. The van der Waals surface area contributed by atoms with Crippen LogP contribution >= 0.6 is 12.6 Å². The maximum Gasteiger partial charge on any atom is 0.326 e. The molecule has 0 aliphatic carbocycles. The quantitative estimate of drug-likeness (QED) is 0.0313. The van der Waals surface area contributed by atoms with E-state index in [9.17, 15) is 63.0 Å². The molecule has 1 aliphatic heterocycles. The van der Waals surface area contributed by atoms with Crippen molar-refractivity contribution in [2.45, 2.75) is 161 Å². The van der Waals surface area contributed by atoms with Crippen LogP contribution < -0.4 is 54.4 Å². The van der Waals surface area contributed by atoms with Crippen LogP contribution in [0.4, 0.5) is 0 Å². The first kappa shape index (κ1) is 60.5. The predicted octanol–water partition coefficient (Wildman–Crippen LogP) is -3.36. The molecule has 0 saturated carbocycles. The average Bonchev–Trinajstić information content (AvgIpc) is 3.75. The Morgan fingerprint density at radius 3 is 1.65 bits per heavy atom. The van der Waals surface area contributed by atoms with Crippen molar-refractivity contribution in [3.8, 4) is 0 Å². The van der Waals surface area contributed by atoms with Crippen LogP contribution in [0.2, 0.25) is 0 Å². The van der Waals surface area contributed by atoms with Crippen molar-refractivity contribution < 1.29 is 63.0 Å². The number of carbonyl (C=O) groups is 11. The molecule has 1 rings (SSSR count). The largest absolute Gasteiger partial charge is 0.480 e. The van der Waals surface area contributed by atoms with Crippen LogP contribution in [0.15, 0.2) is 0 Å². The number of aliphatic hydroxyl groups is 1. The van der Waals surface area contributed by atoms with E-state index >= 15 is 0 Å². The van der Waals surface area contributed by atoms with Crippen LogP contribution in [0.5, 0.6) is 0 Å². The lowest BCUT2D eigenvalue weighted by molar-refractivity contribution is -0.144. The van der Waals surface area contributed by atoms with E-state index in [0.717, 1.165) is 0 Å². The highest BCUT2D eigenvalue weighted by atomic mass is 32.1. The van der Waals surface area contributed by atoms with Gasteiger partial charge in [-0.25, -0.2) is 4.79 Å². The molecule has 1 fully saturated rings. The summed E-state index contributed by atoms with van der Waals surface area (Å²) in [5.74, 6) is -11.5. The van der Waals surface area contributed by atoms with Gasteiger partial charge in [-0.05, 0) is 55.8 Å². The summed E-state index contributed by atoms with van der Waals surface area (Å²) in [4.78, 5) is 146. The fourth-order valence-electron chi connectivity index (χ4n) is 7.22. The van der Waals surface area contributed by atoms with Crippen molar-refractivity contribution in [2.24, 2.45) is 40.9 Å². The zero-order valence-corrected chi connectivity index (χ0v) is 41.2. The molecular formula is C43H75N11O13S. The monoisotopic (exact) mass is 986 g/mol. The standard InChI is InChI=1S/C43H75N11O13S/c1-9-23(8)34(41(64)49-26(15-20(2)3)37(60)48-27(17-32(46)57)38(61)51-29(18-55)39(62)52-33(22(6)7)43(66)67)53-36(59)25(12-13-31(45)56)47-40(63)30-11-10-14-54(30)42(65)28(16-21(4)5)50-35(58)24(44)19-68/h20-30,33-34,55,68H,9-19,44H2,1-8H3,(H2,45,56)(H2,46,57)(H,47,63)(H,48,60)(H,49,64)(H,50,58)(H,51,61)(H,52,62)(H,53,59)(H,66,67)/t23-,24-,25-,26-,27-,28-,29-,30-,33-,34-/m0/s1. The number of thiol groups is 1. The van der Waals surface area contributed by atoms with Crippen molar-refractivity contribution in [2.75, 3.05) is 18.9 Å². The summed E-state index contributed by atoms with van der Waals surface area (Å²) in [6.07, 6.45) is -0.299. The zero-order valence-electron chi connectivity index (χ0n) is 40.3. The first-order valence-corrected chi connectivity index (χ1v) is 23.5. The Bertz CT molecular complexity index is 1800. The molecular weight excluding hydrogens is 911 g/mol. The second kappa shape index (κ2) is 29.4. The van der Waals surface area contributed by atoms with E-state index in [2.05, 4.69) is 49.8 Å². The van der Waals surface area contributed by atoms with E-state index < -0.39 is 144 Å². The van der Waals surface area contributed by atoms with Gasteiger partial charge < -0.3 is 69.5 Å². The van der Waals surface area contributed by atoms with Gasteiger partial charge in [0.1, 0.15) is 48.3 Å². The first-order valence-electron chi connectivity index (χ1n) is 22.9. The molecule has 0 bridgehead atoms. The fourth-order valence-corrected chi connectivity index (χ4v) is 7.38. The summed E-state index contributed by atoms with van der Waals surface area (Å²) in [6.45, 7) is 12.7. The van der Waals surface area contributed by atoms with Crippen LogP contribution in [0, 0.1) is 23.7 Å². The second-order valence-electron chi connectivity index (χ2n) is 18.3. The number of hydrogen-bond acceptors (Lipinski definition) is 14. The molecule has 1 saturated heterocycles. The number of nitrogens with two attached hydrogens (primary N) is 3. The Morgan fingerprint density at radius 2 is 1.15 bits per heavy atom. The van der Waals surface area contributed by atoms with E-state index in [0.29, 0.717) is 12.8 Å². The first-order chi connectivity index (χ1) is 31.7. The minimum atomic E-state index is -1.74. The summed E-state index contributed by atoms with van der Waals surface area (Å²) in [5, 5.41) is 36.6. The Kier molecular flexibility index (Phi) is 26.1. The molecule has 0 aromatic carbocycles. The third kappa shape index (κ3) is 20.0. The van der Waals surface area contributed by atoms with Gasteiger partial charge in [-0.15, -0.1) is 0 Å². The third-order valence-electron chi connectivity index (χ3n) is 11.2. The summed E-state index contributed by atoms with van der Waals surface area (Å²) in [6, 6.07) is -12.1. The van der Waals surface area contributed by atoms with Gasteiger partial charge >= 0.3 is 5.97 Å². The summed E-state index contributed by atoms with van der Waals surface area (Å²) in [7, 11) is 0. The number of carbonyl (C=O) groups excluding carboxylic acids is 10. The molecule has 1 aliphatic rings. The van der Waals surface area contributed by atoms with Crippen LogP contribution in [0.25, 0.3) is 0 Å². The Morgan fingerprint density at radius 1 is 0.647 bits per heavy atom. The highest BCUT2D eigenvalue weighted by Crippen LogP contribution is 2.21. The van der Waals surface area contributed by atoms with Gasteiger partial charge in [0.05, 0.1) is 19.1 Å². The maximum atomic E-state index is 14.1. The van der Waals surface area contributed by atoms with Crippen molar-refractivity contribution >= 4 is 77.7 Å². The molecule has 68 heavy (non-hydrogen) atoms. The third-order valence-corrected chi connectivity index (χ3v) is 11.6. The molecule has 1 heterocycles. The fraction of sp³-hybridized carbons (Fsp3) is 0.744. The Balaban J connectivity index is 3.41. The maximum absolute atomic E-state index is 14.1. The highest BCUT2D eigenvalue weighted by Gasteiger charge is 2.41. The molecule has 24 nitrogen and oxygen atoms in total. The molecule has 10 atom stereocenters. The highest BCUT2D eigenvalue weighted by molar-refractivity contribution is 7.80. The molecule has 0 unspecified atom stereocenters. The Labute approximate surface area is 402 Å². The SMILES string of the molecule is CC[C@H](C)[C@H](NC(=O)[C@H](CCC(N)=O)NC(=O)[C@@H]1CCCN1C(=O)[C@H](CC(C)C)NC(=O)[C@@H](N)CS)C(=O)N[C@@H](CC(C)C)C(=O)N[C@@H](CC(N)=O)C(=O)N[C@@H](CO)C(=O)N[C@H](C(=O)O)C(C)C. The Hall–Kier alpha value is -5.56. The second-order valence-corrected chi connectivity index (χ2v) is 18.7. The predicted molar refractivity (Wildman–Crippen MR) is 250 cm³/mol. The number of nitrogens with one attached hydrogen (secondary N) is 7. The van der Waals surface area contributed by atoms with Crippen molar-refractivity contribution in [3.05, 3.63) is 0 Å². The number of carboxylic acids is 1. The smallest absolute Gasteiger partial charge is 0.326 e. The van der Waals surface area contributed by atoms with Crippen molar-refractivity contribution in [1.82, 2.24) is 42.1 Å². The molecule has 15 N–H and O–H groups in total. The number of likely N-dealkylation sites (tertiary alicyclic amines) is 1. The van der Waals surface area contributed by atoms with Crippen molar-refractivity contribution in [3.63, 3.8) is 0 Å². The number of nitrogens with zero attached hydrogens (tertiary/aromatic N) is 1. The number of aliphatic hydroxyl groups excluding tert-OH is 1. The van der Waals surface area contributed by atoms with E-state index in [1.54, 1.807) is 27.7 Å². The number of amides is 10. The molecule has 0 radical (unpaired) electrons. The van der Waals surface area contributed by atoms with Crippen LogP contribution in [-0.2, 0) is 52.7 Å². The molecule has 25 heteroatoms. The molecule has 0 spiro atoms. The van der Waals surface area contributed by atoms with Crippen LogP contribution in [-0.4, -0.2) is 153 Å². The van der Waals surface area contributed by atoms with Gasteiger partial charge in [-0.2, -0.15) is 12.6 Å². The van der Waals surface area contributed by atoms with Gasteiger partial charge in [-0.3, -0.25) is 47.9 Å². The minimum Gasteiger partial charge on any atom is -0.480 e. The lowest BCUT2D eigenvalue weighted by Crippen LogP contribution is -2.61. The summed E-state index contributed by atoms with van der Waals surface area (Å²) >= 11 is 4.06. The van der Waals surface area contributed by atoms with Gasteiger partial charge in [0.15, 0.2) is 0 Å². The van der Waals surface area contributed by atoms with Gasteiger partial charge in [0.2, 0.25) is 59.1 Å². The van der Waals surface area contributed by atoms with Gasteiger partial charge in [0.25, 0.3) is 0 Å². The van der Waals surface area contributed by atoms with Crippen molar-refractivity contribution in [1.29, 1.82) is 0 Å². The van der Waals surface area contributed by atoms with E-state index in [1.807, 2.05) is 13.8 Å². The lowest BCUT2D eigenvalue weighted by atomic mass is 9.96. The average molecular weight is 986 g/mol. The van der Waals surface area contributed by atoms with Crippen LogP contribution in [0.1, 0.15) is 107 Å². The van der Waals surface area contributed by atoms with E-state index in [4.69, 9.17) is 17.2 Å². The summed E-state index contributed by atoms with van der Waals surface area (Å²) < 4.78 is 0. The normalized spacial score (nSPS) is 17.6. The molecule has 10 amide bonds. The lowest BCUT2D eigenvalue weighted by Gasteiger charge is -2.31. The molecule has 386 valence electrons. The van der Waals surface area contributed by atoms with Gasteiger partial charge in [0, 0.05) is 18.7 Å². The number of hydrogen-bond donors (Lipinski definition) is 13. The number of primary amides is 2. The number of aliphatic carboxylic acids is 1. The summed E-state index contributed by atoms with van der Waals surface area (Å²) in [5.41, 5.74) is 16.6. The zero-order chi connectivity index (χ0) is 52.2. The van der Waals surface area contributed by atoms with Gasteiger partial charge in [-0.1, -0.05) is 61.8 Å². The molecule has 0 aromatic heterocycles. The van der Waals surface area contributed by atoms with Crippen LogP contribution in [0.3, 0.4) is 0 Å². The minimum absolute atomic E-state index is 0.0284. The number of rotatable bonds is 30. The number of carboxylic acid groups (broad SMARTS) is 1. The topological polar surface area (TPSA) is 394 Å².